The molecule has 3 aromatic rings. The molecule has 0 radical (unpaired) electrons. The van der Waals surface area contributed by atoms with Crippen LogP contribution in [0.15, 0.2) is 74.0 Å². The summed E-state index contributed by atoms with van der Waals surface area (Å²) in [6.45, 7) is 0. The van der Waals surface area contributed by atoms with Crippen molar-refractivity contribution >= 4 is 32.9 Å². The Labute approximate surface area is 148 Å². The summed E-state index contributed by atoms with van der Waals surface area (Å²) in [6.07, 6.45) is 3.55. The number of sulfone groups is 1. The molecular formula is C18H14N2O5S. The normalized spacial score (nSPS) is 11.7. The van der Waals surface area contributed by atoms with Crippen LogP contribution in [0, 0.1) is 0 Å². The SMILES string of the molecule is CS(=O)(=O)c1ccc(C(=O)N/N=C/c2coc3ccccc3c2=O)cc1. The van der Waals surface area contributed by atoms with Gasteiger partial charge in [0.05, 0.1) is 22.1 Å². The zero-order valence-electron chi connectivity index (χ0n) is 13.7. The van der Waals surface area contributed by atoms with Crippen LogP contribution in [0.1, 0.15) is 15.9 Å². The van der Waals surface area contributed by atoms with E-state index in [4.69, 9.17) is 4.42 Å². The molecule has 1 amide bonds. The topological polar surface area (TPSA) is 106 Å². The molecule has 1 heterocycles. The highest BCUT2D eigenvalue weighted by Crippen LogP contribution is 2.11. The van der Waals surface area contributed by atoms with Crippen molar-refractivity contribution in [2.45, 2.75) is 4.90 Å². The molecule has 2 aromatic carbocycles. The van der Waals surface area contributed by atoms with Crippen molar-refractivity contribution in [1.82, 2.24) is 5.43 Å². The molecule has 0 atom stereocenters. The fraction of sp³-hybridized carbons (Fsp3) is 0.0556. The minimum absolute atomic E-state index is 0.117. The van der Waals surface area contributed by atoms with Gasteiger partial charge in [-0.1, -0.05) is 12.1 Å². The van der Waals surface area contributed by atoms with Gasteiger partial charge in [-0.15, -0.1) is 0 Å². The fourth-order valence-corrected chi connectivity index (χ4v) is 2.89. The van der Waals surface area contributed by atoms with Crippen LogP contribution in [0.2, 0.25) is 0 Å². The average Bonchev–Trinajstić information content (AvgIpc) is 2.63. The molecule has 0 spiro atoms. The molecule has 0 fully saturated rings. The number of hydrazone groups is 1. The van der Waals surface area contributed by atoms with Gasteiger partial charge >= 0.3 is 0 Å². The lowest BCUT2D eigenvalue weighted by molar-refractivity contribution is 0.0955. The van der Waals surface area contributed by atoms with Gasteiger partial charge in [-0.25, -0.2) is 13.8 Å². The molecule has 0 saturated heterocycles. The van der Waals surface area contributed by atoms with E-state index in [-0.39, 0.29) is 21.5 Å². The Morgan fingerprint density at radius 3 is 2.50 bits per heavy atom. The summed E-state index contributed by atoms with van der Waals surface area (Å²) in [5, 5.41) is 4.17. The third-order valence-corrected chi connectivity index (χ3v) is 4.75. The molecular weight excluding hydrogens is 356 g/mol. The summed E-state index contributed by atoms with van der Waals surface area (Å²) < 4.78 is 28.2. The molecule has 1 N–H and O–H groups in total. The minimum Gasteiger partial charge on any atom is -0.463 e. The van der Waals surface area contributed by atoms with Crippen LogP contribution in [-0.4, -0.2) is 26.8 Å². The van der Waals surface area contributed by atoms with Crippen LogP contribution in [0.3, 0.4) is 0 Å². The van der Waals surface area contributed by atoms with Gasteiger partial charge in [0.15, 0.2) is 9.84 Å². The van der Waals surface area contributed by atoms with Gasteiger partial charge in [-0.3, -0.25) is 9.59 Å². The second-order valence-electron chi connectivity index (χ2n) is 5.51. The molecule has 0 unspecified atom stereocenters. The van der Waals surface area contributed by atoms with E-state index in [0.717, 1.165) is 6.26 Å². The maximum absolute atomic E-state index is 12.3. The Balaban J connectivity index is 1.75. The zero-order chi connectivity index (χ0) is 18.7. The van der Waals surface area contributed by atoms with E-state index in [2.05, 4.69) is 10.5 Å². The van der Waals surface area contributed by atoms with Crippen LogP contribution in [0.4, 0.5) is 0 Å². The van der Waals surface area contributed by atoms with Gasteiger partial charge in [0, 0.05) is 11.8 Å². The third-order valence-electron chi connectivity index (χ3n) is 3.62. The predicted octanol–water partition coefficient (Wildman–Crippen LogP) is 1.96. The van der Waals surface area contributed by atoms with Crippen molar-refractivity contribution in [3.8, 4) is 0 Å². The highest BCUT2D eigenvalue weighted by Gasteiger charge is 2.09. The Bertz CT molecular complexity index is 1160. The highest BCUT2D eigenvalue weighted by atomic mass is 32.2. The van der Waals surface area contributed by atoms with Crippen molar-refractivity contribution in [3.05, 3.63) is 76.1 Å². The van der Waals surface area contributed by atoms with Gasteiger partial charge in [-0.2, -0.15) is 5.10 Å². The summed E-state index contributed by atoms with van der Waals surface area (Å²) in [5.74, 6) is -0.536. The molecule has 0 aliphatic carbocycles. The molecule has 26 heavy (non-hydrogen) atoms. The van der Waals surface area contributed by atoms with Crippen molar-refractivity contribution in [1.29, 1.82) is 0 Å². The number of carbonyl (C=O) groups is 1. The number of benzene rings is 2. The number of hydrogen-bond acceptors (Lipinski definition) is 6. The lowest BCUT2D eigenvalue weighted by atomic mass is 10.2. The monoisotopic (exact) mass is 370 g/mol. The molecule has 1 aromatic heterocycles. The molecule has 7 nitrogen and oxygen atoms in total. The first-order chi connectivity index (χ1) is 12.4. The Morgan fingerprint density at radius 1 is 1.12 bits per heavy atom. The summed E-state index contributed by atoms with van der Waals surface area (Å²) in [6, 6.07) is 12.2. The Kier molecular flexibility index (Phi) is 4.68. The summed E-state index contributed by atoms with van der Waals surface area (Å²) in [7, 11) is -3.33. The second-order valence-corrected chi connectivity index (χ2v) is 7.53. The standard InChI is InChI=1S/C18H14N2O5S/c1-26(23,24)14-8-6-12(7-9-14)18(22)20-19-10-13-11-25-16-5-3-2-4-15(16)17(13)21/h2-11H,1H3,(H,20,22)/b19-10+. The number of nitrogens with zero attached hydrogens (tertiary/aromatic N) is 1. The third kappa shape index (κ3) is 3.70. The maximum Gasteiger partial charge on any atom is 0.271 e. The first-order valence-corrected chi connectivity index (χ1v) is 9.39. The number of para-hydroxylation sites is 1. The molecule has 0 bridgehead atoms. The first kappa shape index (κ1) is 17.6. The average molecular weight is 370 g/mol. The van der Waals surface area contributed by atoms with Crippen LogP contribution < -0.4 is 10.9 Å². The number of fused-ring (bicyclic) bond motifs is 1. The minimum atomic E-state index is -3.33. The molecule has 3 rings (SSSR count). The number of hydrogen-bond donors (Lipinski definition) is 1. The van der Waals surface area contributed by atoms with Crippen molar-refractivity contribution in [2.75, 3.05) is 6.26 Å². The van der Waals surface area contributed by atoms with Crippen molar-refractivity contribution in [3.63, 3.8) is 0 Å². The van der Waals surface area contributed by atoms with E-state index in [1.165, 1.54) is 36.7 Å². The van der Waals surface area contributed by atoms with Crippen molar-refractivity contribution < 1.29 is 17.6 Å². The van der Waals surface area contributed by atoms with Gasteiger partial charge in [0.2, 0.25) is 5.43 Å². The van der Waals surface area contributed by atoms with E-state index < -0.39 is 15.7 Å². The summed E-state index contributed by atoms with van der Waals surface area (Å²) >= 11 is 0. The summed E-state index contributed by atoms with van der Waals surface area (Å²) in [4.78, 5) is 24.4. The number of rotatable bonds is 4. The highest BCUT2D eigenvalue weighted by molar-refractivity contribution is 7.90. The van der Waals surface area contributed by atoms with Crippen molar-refractivity contribution in [2.24, 2.45) is 5.10 Å². The largest absolute Gasteiger partial charge is 0.463 e. The van der Waals surface area contributed by atoms with Crippen LogP contribution in [0.25, 0.3) is 11.0 Å². The van der Waals surface area contributed by atoms with E-state index >= 15 is 0 Å². The lowest BCUT2D eigenvalue weighted by Crippen LogP contribution is -2.18. The first-order valence-electron chi connectivity index (χ1n) is 7.50. The number of amides is 1. The number of nitrogens with one attached hydrogen (secondary N) is 1. The predicted molar refractivity (Wildman–Crippen MR) is 97.1 cm³/mol. The van der Waals surface area contributed by atoms with Gasteiger partial charge in [-0.05, 0) is 36.4 Å². The second kappa shape index (κ2) is 6.93. The molecule has 0 aliphatic rings. The maximum atomic E-state index is 12.3. The van der Waals surface area contributed by atoms with Crippen LogP contribution in [-0.2, 0) is 9.84 Å². The molecule has 8 heteroatoms. The van der Waals surface area contributed by atoms with Gasteiger partial charge in [0.1, 0.15) is 11.8 Å². The lowest BCUT2D eigenvalue weighted by Gasteiger charge is -2.02. The Hall–Kier alpha value is -3.26. The summed E-state index contributed by atoms with van der Waals surface area (Å²) in [5.41, 5.74) is 2.91. The molecule has 0 aliphatic heterocycles. The van der Waals surface area contributed by atoms with Gasteiger partial charge in [0.25, 0.3) is 5.91 Å². The number of carbonyl (C=O) groups excluding carboxylic acids is 1. The fourth-order valence-electron chi connectivity index (χ4n) is 2.26. The van der Waals surface area contributed by atoms with E-state index in [9.17, 15) is 18.0 Å². The van der Waals surface area contributed by atoms with E-state index in [1.54, 1.807) is 24.3 Å². The van der Waals surface area contributed by atoms with Crippen LogP contribution in [0.5, 0.6) is 0 Å². The molecule has 0 saturated carbocycles. The quantitative estimate of drug-likeness (QED) is 0.558. The molecule has 132 valence electrons. The van der Waals surface area contributed by atoms with E-state index in [0.29, 0.717) is 11.0 Å². The van der Waals surface area contributed by atoms with E-state index in [1.807, 2.05) is 0 Å². The van der Waals surface area contributed by atoms with Gasteiger partial charge < -0.3 is 4.42 Å². The van der Waals surface area contributed by atoms with Crippen LogP contribution >= 0.6 is 0 Å². The zero-order valence-corrected chi connectivity index (χ0v) is 14.5. The smallest absolute Gasteiger partial charge is 0.271 e. The Morgan fingerprint density at radius 2 is 1.81 bits per heavy atom.